The third kappa shape index (κ3) is 4.30. The van der Waals surface area contributed by atoms with Crippen LogP contribution in [0.3, 0.4) is 0 Å². The van der Waals surface area contributed by atoms with Crippen molar-refractivity contribution in [3.63, 3.8) is 0 Å². The Balaban J connectivity index is 1.35. The van der Waals surface area contributed by atoms with Gasteiger partial charge in [0.1, 0.15) is 0 Å². The molecule has 192 valence electrons. The number of carbonyl (C=O) groups excluding carboxylic acids is 2. The normalized spacial score (nSPS) is 26.4. The summed E-state index contributed by atoms with van der Waals surface area (Å²) < 4.78 is 11.4. The molecule has 2 aromatic rings. The number of piperidine rings is 1. The lowest BCUT2D eigenvalue weighted by Crippen LogP contribution is -2.62. The molecule has 2 aromatic carbocycles. The summed E-state index contributed by atoms with van der Waals surface area (Å²) in [6, 6.07) is 12.3. The molecule has 4 aliphatic rings. The molecule has 2 fully saturated rings. The van der Waals surface area contributed by atoms with E-state index >= 15 is 0 Å². The Labute approximate surface area is 218 Å². The summed E-state index contributed by atoms with van der Waals surface area (Å²) in [5.74, 6) is 8.56. The van der Waals surface area contributed by atoms with E-state index in [-0.39, 0.29) is 23.3 Å². The predicted molar refractivity (Wildman–Crippen MR) is 141 cm³/mol. The molecule has 0 aromatic heterocycles. The first kappa shape index (κ1) is 24.1. The van der Waals surface area contributed by atoms with E-state index in [1.807, 2.05) is 35.2 Å². The zero-order chi connectivity index (χ0) is 25.7. The molecular weight excluding hydrogens is 464 g/mol. The highest BCUT2D eigenvalue weighted by Crippen LogP contribution is 2.63. The van der Waals surface area contributed by atoms with Gasteiger partial charge < -0.3 is 19.7 Å². The standard InChI is InChI=1S/C31H34N2O4/c1-19(2)18-33(28(35)12-9-21-7-5-4-6-8-21)22-10-11-24-26-15-23-25(31(24,17-22)13-14-32-26)16-27(36-20(3)34)30-29(23)37-30/h4-8,16,19,22,24,26,32H,10-11,13-15,17-18H2,1-3H3/t22-,24-,26+,31-/m0/s1. The lowest BCUT2D eigenvalue weighted by atomic mass is 9.52. The maximum atomic E-state index is 13.5. The summed E-state index contributed by atoms with van der Waals surface area (Å²) in [6.07, 6.45) is 4.86. The molecule has 0 unspecified atom stereocenters. The summed E-state index contributed by atoms with van der Waals surface area (Å²) in [4.78, 5) is 27.4. The van der Waals surface area contributed by atoms with Crippen molar-refractivity contribution in [1.29, 1.82) is 0 Å². The van der Waals surface area contributed by atoms with E-state index in [2.05, 4.69) is 37.1 Å². The largest absolute Gasteiger partial charge is 0.445 e. The van der Waals surface area contributed by atoms with Gasteiger partial charge in [-0.15, -0.1) is 0 Å². The molecule has 1 saturated carbocycles. The van der Waals surface area contributed by atoms with Crippen molar-refractivity contribution in [1.82, 2.24) is 10.2 Å². The summed E-state index contributed by atoms with van der Waals surface area (Å²) in [7, 11) is 0. The number of amides is 1. The highest BCUT2D eigenvalue weighted by atomic mass is 16.6. The minimum absolute atomic E-state index is 0.0787. The Morgan fingerprint density at radius 3 is 2.78 bits per heavy atom. The smallest absolute Gasteiger partial charge is 0.308 e. The highest BCUT2D eigenvalue weighted by Gasteiger charge is 2.56. The van der Waals surface area contributed by atoms with Crippen molar-refractivity contribution in [2.24, 2.45) is 11.8 Å². The first-order valence-electron chi connectivity index (χ1n) is 13.5. The number of rotatable bonds is 4. The number of ether oxygens (including phenoxy) is 2. The minimum Gasteiger partial charge on any atom is -0.445 e. The average Bonchev–Trinajstić information content (AvgIpc) is 3.68. The van der Waals surface area contributed by atoms with Gasteiger partial charge in [0.15, 0.2) is 11.5 Å². The summed E-state index contributed by atoms with van der Waals surface area (Å²) in [5.41, 5.74) is 3.29. The van der Waals surface area contributed by atoms with E-state index in [1.165, 1.54) is 18.1 Å². The van der Waals surface area contributed by atoms with Gasteiger partial charge >= 0.3 is 5.97 Å². The highest BCUT2D eigenvalue weighted by molar-refractivity contribution is 5.94. The van der Waals surface area contributed by atoms with Crippen LogP contribution < -0.4 is 14.8 Å². The Bertz CT molecular complexity index is 1310. The molecule has 37 heavy (non-hydrogen) atoms. The van der Waals surface area contributed by atoms with Gasteiger partial charge in [-0.1, -0.05) is 38.0 Å². The van der Waals surface area contributed by atoms with Crippen molar-refractivity contribution in [3.05, 3.63) is 53.1 Å². The topological polar surface area (TPSA) is 71.2 Å². The van der Waals surface area contributed by atoms with Crippen LogP contribution in [-0.4, -0.2) is 41.9 Å². The van der Waals surface area contributed by atoms with Crippen LogP contribution in [0.15, 0.2) is 36.4 Å². The minimum atomic E-state index is -0.335. The second-order valence-electron chi connectivity index (χ2n) is 11.4. The van der Waals surface area contributed by atoms with Crippen molar-refractivity contribution < 1.29 is 19.1 Å². The van der Waals surface area contributed by atoms with E-state index in [0.29, 0.717) is 35.9 Å². The quantitative estimate of drug-likeness (QED) is 0.247. The van der Waals surface area contributed by atoms with Crippen LogP contribution in [0, 0.1) is 23.7 Å². The fourth-order valence-electron chi connectivity index (χ4n) is 7.19. The van der Waals surface area contributed by atoms with Crippen LogP contribution >= 0.6 is 0 Å². The first-order chi connectivity index (χ1) is 17.9. The number of nitrogens with zero attached hydrogens (tertiary/aromatic N) is 1. The van der Waals surface area contributed by atoms with Gasteiger partial charge in [-0.3, -0.25) is 9.59 Å². The fourth-order valence-corrected chi connectivity index (χ4v) is 7.19. The number of hydrogen-bond acceptors (Lipinski definition) is 5. The number of carbonyl (C=O) groups is 2. The van der Waals surface area contributed by atoms with E-state index < -0.39 is 0 Å². The van der Waals surface area contributed by atoms with Crippen LogP contribution in [-0.2, 0) is 21.4 Å². The summed E-state index contributed by atoms with van der Waals surface area (Å²) in [6.45, 7) is 7.38. The second-order valence-corrected chi connectivity index (χ2v) is 11.4. The van der Waals surface area contributed by atoms with Crippen LogP contribution in [0.25, 0.3) is 0 Å². The predicted octanol–water partition coefficient (Wildman–Crippen LogP) is 4.58. The van der Waals surface area contributed by atoms with Gasteiger partial charge in [0.25, 0.3) is 5.91 Å². The van der Waals surface area contributed by atoms with E-state index in [4.69, 9.17) is 9.47 Å². The van der Waals surface area contributed by atoms with Crippen molar-refractivity contribution in [2.45, 2.75) is 70.4 Å². The number of fused-ring (bicyclic) bond motifs is 3. The average molecular weight is 499 g/mol. The SMILES string of the molecule is CC(=O)Oc1cc2c(c3c1O3)C[C@H]1NCC[C@@]23C[C@@H](N(CC(C)C)C(=O)C#Cc2ccccc2)CC[C@@H]13. The van der Waals surface area contributed by atoms with Gasteiger partial charge in [0.2, 0.25) is 5.75 Å². The van der Waals surface area contributed by atoms with Crippen LogP contribution in [0.5, 0.6) is 17.2 Å². The zero-order valence-corrected chi connectivity index (χ0v) is 21.8. The molecule has 6 rings (SSSR count). The van der Waals surface area contributed by atoms with Gasteiger partial charge in [0, 0.05) is 48.0 Å². The molecule has 4 atom stereocenters. The number of hydrogen-bond donors (Lipinski definition) is 1. The third-order valence-corrected chi connectivity index (χ3v) is 8.62. The van der Waals surface area contributed by atoms with Crippen molar-refractivity contribution in [2.75, 3.05) is 13.1 Å². The molecule has 6 heteroatoms. The lowest BCUT2D eigenvalue weighted by Gasteiger charge is -2.58. The summed E-state index contributed by atoms with van der Waals surface area (Å²) in [5, 5.41) is 3.78. The molecule has 1 saturated heterocycles. The molecule has 6 nitrogen and oxygen atoms in total. The van der Waals surface area contributed by atoms with Crippen LogP contribution in [0.4, 0.5) is 0 Å². The maximum absolute atomic E-state index is 13.5. The van der Waals surface area contributed by atoms with Crippen molar-refractivity contribution >= 4 is 11.9 Å². The Morgan fingerprint density at radius 1 is 1.22 bits per heavy atom. The molecule has 1 amide bonds. The fraction of sp³-hybridized carbons (Fsp3) is 0.484. The van der Waals surface area contributed by atoms with Gasteiger partial charge in [0.05, 0.1) is 0 Å². The zero-order valence-electron chi connectivity index (χ0n) is 21.8. The van der Waals surface area contributed by atoms with E-state index in [0.717, 1.165) is 50.0 Å². The molecule has 2 heterocycles. The molecule has 2 aliphatic carbocycles. The van der Waals surface area contributed by atoms with Gasteiger partial charge in [-0.25, -0.2) is 0 Å². The molecule has 2 bridgehead atoms. The Kier molecular flexibility index (Phi) is 6.00. The number of nitrogens with one attached hydrogen (secondary N) is 1. The lowest BCUT2D eigenvalue weighted by molar-refractivity contribution is -0.132. The van der Waals surface area contributed by atoms with Crippen molar-refractivity contribution in [3.8, 4) is 29.1 Å². The van der Waals surface area contributed by atoms with Gasteiger partial charge in [-0.2, -0.15) is 0 Å². The summed E-state index contributed by atoms with van der Waals surface area (Å²) >= 11 is 0. The van der Waals surface area contributed by atoms with Crippen LogP contribution in [0.1, 0.15) is 63.1 Å². The molecule has 0 radical (unpaired) electrons. The first-order valence-corrected chi connectivity index (χ1v) is 13.5. The van der Waals surface area contributed by atoms with E-state index in [1.54, 1.807) is 0 Å². The third-order valence-electron chi connectivity index (χ3n) is 8.62. The van der Waals surface area contributed by atoms with Crippen LogP contribution in [0.2, 0.25) is 0 Å². The molecule has 0 spiro atoms. The Morgan fingerprint density at radius 2 is 2.03 bits per heavy atom. The number of benzene rings is 2. The Hall–Kier alpha value is -3.30. The molecular formula is C31H34N2O4. The van der Waals surface area contributed by atoms with Gasteiger partial charge in [-0.05, 0) is 74.2 Å². The maximum Gasteiger partial charge on any atom is 0.308 e. The second kappa shape index (κ2) is 9.22. The monoisotopic (exact) mass is 498 g/mol. The molecule has 1 N–H and O–H groups in total. The molecule has 2 aliphatic heterocycles. The van der Waals surface area contributed by atoms with E-state index in [9.17, 15) is 9.59 Å². The number of esters is 1.